The molecule has 1 aliphatic rings. The van der Waals surface area contributed by atoms with Crippen LogP contribution in [0.25, 0.3) is 0 Å². The second-order valence-electron chi connectivity index (χ2n) is 3.55. The Bertz CT molecular complexity index is 339. The summed E-state index contributed by atoms with van der Waals surface area (Å²) in [5.74, 6) is 1.58. The molecule has 2 heterocycles. The van der Waals surface area contributed by atoms with E-state index < -0.39 is 0 Å². The van der Waals surface area contributed by atoms with E-state index >= 15 is 0 Å². The molecule has 4 nitrogen and oxygen atoms in total. The van der Waals surface area contributed by atoms with Crippen LogP contribution in [0.4, 0.5) is 5.82 Å². The molecule has 5 heteroatoms. The summed E-state index contributed by atoms with van der Waals surface area (Å²) in [4.78, 5) is 10.3. The Kier molecular flexibility index (Phi) is 2.46. The fourth-order valence-corrected chi connectivity index (χ4v) is 1.69. The number of hydrogen-bond donors (Lipinski definition) is 0. The molecule has 0 radical (unpaired) electrons. The third-order valence-electron chi connectivity index (χ3n) is 2.23. The third kappa shape index (κ3) is 1.75. The molecular weight excluding hydrogens is 202 g/mol. The van der Waals surface area contributed by atoms with Crippen LogP contribution in [0.15, 0.2) is 6.07 Å². The summed E-state index contributed by atoms with van der Waals surface area (Å²) < 4.78 is 4.95. The number of hydrogen-bond acceptors (Lipinski definition) is 4. The fourth-order valence-electron chi connectivity index (χ4n) is 1.52. The lowest BCUT2D eigenvalue weighted by Crippen LogP contribution is -2.45. The zero-order chi connectivity index (χ0) is 10.1. The number of methoxy groups -OCH3 is 1. The largest absolute Gasteiger partial charge is 0.467 e. The quantitative estimate of drug-likeness (QED) is 0.700. The van der Waals surface area contributed by atoms with Crippen molar-refractivity contribution in [2.45, 2.75) is 6.92 Å². The van der Waals surface area contributed by atoms with Crippen molar-refractivity contribution in [2.24, 2.45) is 5.92 Å². The molecule has 76 valence electrons. The zero-order valence-electron chi connectivity index (χ0n) is 8.20. The molecule has 1 aliphatic heterocycles. The van der Waals surface area contributed by atoms with E-state index in [0.29, 0.717) is 11.2 Å². The van der Waals surface area contributed by atoms with Gasteiger partial charge in [-0.3, -0.25) is 0 Å². The fraction of sp³-hybridized carbons (Fsp3) is 0.556. The lowest BCUT2D eigenvalue weighted by Gasteiger charge is -2.38. The van der Waals surface area contributed by atoms with Crippen LogP contribution in [-0.4, -0.2) is 30.2 Å². The lowest BCUT2D eigenvalue weighted by molar-refractivity contribution is 0.376. The second-order valence-corrected chi connectivity index (χ2v) is 3.93. The SMILES string of the molecule is COc1nc(Cl)cc(N2CC(C)C2)n1. The Morgan fingerprint density at radius 1 is 1.50 bits per heavy atom. The first-order chi connectivity index (χ1) is 6.69. The third-order valence-corrected chi connectivity index (χ3v) is 2.43. The molecule has 0 aromatic carbocycles. The molecule has 2 rings (SSSR count). The molecule has 1 aromatic heterocycles. The number of rotatable bonds is 2. The van der Waals surface area contributed by atoms with Gasteiger partial charge in [0, 0.05) is 19.2 Å². The average Bonchev–Trinajstić information content (AvgIpc) is 2.12. The number of aromatic nitrogens is 2. The van der Waals surface area contributed by atoms with Crippen molar-refractivity contribution in [1.82, 2.24) is 9.97 Å². The molecule has 0 N–H and O–H groups in total. The Morgan fingerprint density at radius 3 is 2.79 bits per heavy atom. The lowest BCUT2D eigenvalue weighted by atomic mass is 10.0. The van der Waals surface area contributed by atoms with Crippen molar-refractivity contribution in [2.75, 3.05) is 25.1 Å². The van der Waals surface area contributed by atoms with E-state index in [4.69, 9.17) is 16.3 Å². The molecule has 0 amide bonds. The van der Waals surface area contributed by atoms with Crippen LogP contribution < -0.4 is 9.64 Å². The van der Waals surface area contributed by atoms with Crippen molar-refractivity contribution < 1.29 is 4.74 Å². The van der Waals surface area contributed by atoms with Gasteiger partial charge in [-0.25, -0.2) is 0 Å². The summed E-state index contributed by atoms with van der Waals surface area (Å²) in [6.45, 7) is 4.25. The number of ether oxygens (including phenoxy) is 1. The van der Waals surface area contributed by atoms with Crippen molar-refractivity contribution in [3.63, 3.8) is 0 Å². The first kappa shape index (κ1) is 9.52. The maximum atomic E-state index is 5.83. The average molecular weight is 214 g/mol. The van der Waals surface area contributed by atoms with Gasteiger partial charge in [-0.15, -0.1) is 0 Å². The summed E-state index contributed by atoms with van der Waals surface area (Å²) in [6, 6.07) is 2.09. The van der Waals surface area contributed by atoms with Crippen molar-refractivity contribution in [1.29, 1.82) is 0 Å². The molecule has 14 heavy (non-hydrogen) atoms. The molecule has 1 fully saturated rings. The molecule has 0 atom stereocenters. The van der Waals surface area contributed by atoms with Crippen LogP contribution >= 0.6 is 11.6 Å². The van der Waals surface area contributed by atoms with Gasteiger partial charge in [0.25, 0.3) is 0 Å². The maximum Gasteiger partial charge on any atom is 0.319 e. The van der Waals surface area contributed by atoms with Gasteiger partial charge in [0.05, 0.1) is 7.11 Å². The predicted molar refractivity (Wildman–Crippen MR) is 55.0 cm³/mol. The van der Waals surface area contributed by atoms with E-state index in [1.807, 2.05) is 0 Å². The number of halogens is 1. The van der Waals surface area contributed by atoms with Gasteiger partial charge in [-0.1, -0.05) is 18.5 Å². The Morgan fingerprint density at radius 2 is 2.21 bits per heavy atom. The van der Waals surface area contributed by atoms with E-state index in [2.05, 4.69) is 21.8 Å². The van der Waals surface area contributed by atoms with Gasteiger partial charge in [-0.2, -0.15) is 9.97 Å². The number of nitrogens with zero attached hydrogens (tertiary/aromatic N) is 3. The highest BCUT2D eigenvalue weighted by Gasteiger charge is 2.24. The molecule has 0 spiro atoms. The van der Waals surface area contributed by atoms with E-state index in [0.717, 1.165) is 24.8 Å². The molecular formula is C9H12ClN3O. The summed E-state index contributed by atoms with van der Waals surface area (Å²) in [7, 11) is 1.54. The van der Waals surface area contributed by atoms with Crippen LogP contribution in [0.5, 0.6) is 6.01 Å². The smallest absolute Gasteiger partial charge is 0.319 e. The van der Waals surface area contributed by atoms with Crippen molar-refractivity contribution in [3.8, 4) is 6.01 Å². The summed E-state index contributed by atoms with van der Waals surface area (Å²) >= 11 is 5.83. The van der Waals surface area contributed by atoms with Gasteiger partial charge in [0.15, 0.2) is 0 Å². The van der Waals surface area contributed by atoms with Crippen LogP contribution in [0, 0.1) is 5.92 Å². The highest BCUT2D eigenvalue weighted by molar-refractivity contribution is 6.29. The Labute approximate surface area is 87.9 Å². The Balaban J connectivity index is 2.21. The predicted octanol–water partition coefficient (Wildman–Crippen LogP) is 1.59. The minimum Gasteiger partial charge on any atom is -0.467 e. The zero-order valence-corrected chi connectivity index (χ0v) is 8.95. The van der Waals surface area contributed by atoms with Gasteiger partial charge in [0.2, 0.25) is 0 Å². The molecule has 0 aliphatic carbocycles. The Hall–Kier alpha value is -1.03. The van der Waals surface area contributed by atoms with Crippen LogP contribution in [0.3, 0.4) is 0 Å². The standard InChI is InChI=1S/C9H12ClN3O/c1-6-4-13(5-6)8-3-7(10)11-9(12-8)14-2/h3,6H,4-5H2,1-2H3. The van der Waals surface area contributed by atoms with Gasteiger partial charge < -0.3 is 9.64 Å². The maximum absolute atomic E-state index is 5.83. The summed E-state index contributed by atoms with van der Waals surface area (Å²) in [5.41, 5.74) is 0. The van der Waals surface area contributed by atoms with Gasteiger partial charge in [0.1, 0.15) is 11.0 Å². The minimum absolute atomic E-state index is 0.326. The van der Waals surface area contributed by atoms with Crippen molar-refractivity contribution in [3.05, 3.63) is 11.2 Å². The molecule has 0 unspecified atom stereocenters. The molecule has 0 bridgehead atoms. The van der Waals surface area contributed by atoms with E-state index in [9.17, 15) is 0 Å². The highest BCUT2D eigenvalue weighted by atomic mass is 35.5. The number of anilines is 1. The molecule has 1 aromatic rings. The van der Waals surface area contributed by atoms with Crippen LogP contribution in [0.1, 0.15) is 6.92 Å². The monoisotopic (exact) mass is 213 g/mol. The van der Waals surface area contributed by atoms with E-state index in [1.54, 1.807) is 6.07 Å². The van der Waals surface area contributed by atoms with Crippen molar-refractivity contribution >= 4 is 17.4 Å². The van der Waals surface area contributed by atoms with Gasteiger partial charge >= 0.3 is 6.01 Å². The molecule has 0 saturated carbocycles. The normalized spacial score (nSPS) is 16.6. The highest BCUT2D eigenvalue weighted by Crippen LogP contribution is 2.25. The molecule has 1 saturated heterocycles. The summed E-state index contributed by atoms with van der Waals surface area (Å²) in [6.07, 6.45) is 0. The van der Waals surface area contributed by atoms with E-state index in [-0.39, 0.29) is 0 Å². The van der Waals surface area contributed by atoms with Gasteiger partial charge in [-0.05, 0) is 5.92 Å². The van der Waals surface area contributed by atoms with Crippen LogP contribution in [-0.2, 0) is 0 Å². The van der Waals surface area contributed by atoms with E-state index in [1.165, 1.54) is 7.11 Å². The minimum atomic E-state index is 0.326. The summed E-state index contributed by atoms with van der Waals surface area (Å²) in [5, 5.41) is 0.423. The van der Waals surface area contributed by atoms with Crippen LogP contribution in [0.2, 0.25) is 5.15 Å². The topological polar surface area (TPSA) is 38.2 Å². The first-order valence-corrected chi connectivity index (χ1v) is 4.90. The second kappa shape index (κ2) is 3.61. The first-order valence-electron chi connectivity index (χ1n) is 4.52.